The summed E-state index contributed by atoms with van der Waals surface area (Å²) in [7, 11) is 0. The van der Waals surface area contributed by atoms with E-state index >= 15 is 0 Å². The van der Waals surface area contributed by atoms with Crippen LogP contribution in [0.5, 0.6) is 0 Å². The number of rotatable bonds is 4. The van der Waals surface area contributed by atoms with Gasteiger partial charge in [-0.25, -0.2) is 0 Å². The summed E-state index contributed by atoms with van der Waals surface area (Å²) in [6.07, 6.45) is 1.15. The minimum atomic E-state index is -0.310. The van der Waals surface area contributed by atoms with E-state index in [4.69, 9.17) is 5.73 Å². The van der Waals surface area contributed by atoms with Crippen molar-refractivity contribution in [3.05, 3.63) is 52.2 Å². The average molecular weight is 357 g/mol. The van der Waals surface area contributed by atoms with E-state index in [0.717, 1.165) is 0 Å². The van der Waals surface area contributed by atoms with Gasteiger partial charge in [-0.2, -0.15) is 11.3 Å². The standard InChI is InChI=1S/C18H19N3O3S/c19-16(22)12-5-8-21(9-6-12)18(24)14-3-1-2-4-15(14)20-17(23)13-7-10-25-11-13/h1-4,7,10-12H,5-6,8-9H2,(H2,19,22)(H,20,23). The van der Waals surface area contributed by atoms with Crippen molar-refractivity contribution in [2.45, 2.75) is 12.8 Å². The third kappa shape index (κ3) is 3.88. The molecule has 1 aliphatic heterocycles. The molecule has 1 aromatic carbocycles. The van der Waals surface area contributed by atoms with E-state index < -0.39 is 0 Å². The molecule has 3 amide bonds. The summed E-state index contributed by atoms with van der Waals surface area (Å²) in [5.41, 5.74) is 6.84. The molecule has 0 spiro atoms. The molecule has 3 N–H and O–H groups in total. The van der Waals surface area contributed by atoms with Crippen molar-refractivity contribution in [2.75, 3.05) is 18.4 Å². The second-order valence-electron chi connectivity index (χ2n) is 5.98. The van der Waals surface area contributed by atoms with E-state index in [2.05, 4.69) is 5.32 Å². The Kier molecular flexibility index (Phi) is 5.14. The molecule has 3 rings (SSSR count). The molecule has 0 radical (unpaired) electrons. The Bertz CT molecular complexity index is 781. The second-order valence-corrected chi connectivity index (χ2v) is 6.76. The van der Waals surface area contributed by atoms with Crippen molar-refractivity contribution in [1.82, 2.24) is 4.90 Å². The molecule has 130 valence electrons. The minimum absolute atomic E-state index is 0.149. The van der Waals surface area contributed by atoms with Gasteiger partial charge in [0.05, 0.1) is 16.8 Å². The third-order valence-electron chi connectivity index (χ3n) is 4.37. The SMILES string of the molecule is NC(=O)C1CCN(C(=O)c2ccccc2NC(=O)c2ccsc2)CC1. The number of anilines is 1. The molecule has 7 heteroatoms. The van der Waals surface area contributed by atoms with Gasteiger partial charge in [0.1, 0.15) is 0 Å². The second kappa shape index (κ2) is 7.48. The lowest BCUT2D eigenvalue weighted by atomic mass is 9.95. The summed E-state index contributed by atoms with van der Waals surface area (Å²) in [5.74, 6) is -0.869. The molecule has 2 heterocycles. The smallest absolute Gasteiger partial charge is 0.256 e. The number of nitrogens with two attached hydrogens (primary N) is 1. The average Bonchev–Trinajstić information content (AvgIpc) is 3.16. The molecule has 6 nitrogen and oxygen atoms in total. The number of thiophene rings is 1. The third-order valence-corrected chi connectivity index (χ3v) is 5.06. The van der Waals surface area contributed by atoms with Crippen LogP contribution >= 0.6 is 11.3 Å². The molecular formula is C18H19N3O3S. The molecule has 0 bridgehead atoms. The van der Waals surface area contributed by atoms with E-state index in [0.29, 0.717) is 42.7 Å². The monoisotopic (exact) mass is 357 g/mol. The van der Waals surface area contributed by atoms with Crippen molar-refractivity contribution in [1.29, 1.82) is 0 Å². The number of nitrogens with zero attached hydrogens (tertiary/aromatic N) is 1. The lowest BCUT2D eigenvalue weighted by molar-refractivity contribution is -0.123. The van der Waals surface area contributed by atoms with E-state index in [1.54, 1.807) is 40.6 Å². The Morgan fingerprint density at radius 3 is 2.48 bits per heavy atom. The number of hydrogen-bond donors (Lipinski definition) is 2. The van der Waals surface area contributed by atoms with E-state index in [-0.39, 0.29) is 23.6 Å². The van der Waals surface area contributed by atoms with Crippen molar-refractivity contribution in [3.63, 3.8) is 0 Å². The maximum absolute atomic E-state index is 12.8. The molecule has 1 aromatic heterocycles. The number of likely N-dealkylation sites (tertiary alicyclic amines) is 1. The van der Waals surface area contributed by atoms with Crippen molar-refractivity contribution < 1.29 is 14.4 Å². The van der Waals surface area contributed by atoms with Gasteiger partial charge >= 0.3 is 0 Å². The van der Waals surface area contributed by atoms with Gasteiger partial charge in [-0.15, -0.1) is 0 Å². The molecule has 25 heavy (non-hydrogen) atoms. The highest BCUT2D eigenvalue weighted by atomic mass is 32.1. The zero-order chi connectivity index (χ0) is 17.8. The van der Waals surface area contributed by atoms with Crippen LogP contribution in [0.4, 0.5) is 5.69 Å². The number of benzene rings is 1. The topological polar surface area (TPSA) is 92.5 Å². The van der Waals surface area contributed by atoms with Gasteiger partial charge in [0, 0.05) is 24.4 Å². The minimum Gasteiger partial charge on any atom is -0.369 e. The Labute approximate surface area is 149 Å². The number of hydrogen-bond acceptors (Lipinski definition) is 4. The van der Waals surface area contributed by atoms with Crippen molar-refractivity contribution in [2.24, 2.45) is 11.7 Å². The first kappa shape index (κ1) is 17.2. The van der Waals surface area contributed by atoms with Crippen LogP contribution in [0.2, 0.25) is 0 Å². The number of piperidine rings is 1. The highest BCUT2D eigenvalue weighted by Crippen LogP contribution is 2.23. The van der Waals surface area contributed by atoms with E-state index in [1.165, 1.54) is 11.3 Å². The van der Waals surface area contributed by atoms with E-state index in [9.17, 15) is 14.4 Å². The fraction of sp³-hybridized carbons (Fsp3) is 0.278. The molecular weight excluding hydrogens is 338 g/mol. The lowest BCUT2D eigenvalue weighted by Gasteiger charge is -2.31. The first-order valence-electron chi connectivity index (χ1n) is 8.07. The maximum Gasteiger partial charge on any atom is 0.256 e. The molecule has 1 saturated heterocycles. The zero-order valence-electron chi connectivity index (χ0n) is 13.6. The maximum atomic E-state index is 12.8. The predicted molar refractivity (Wildman–Crippen MR) is 96.5 cm³/mol. The molecule has 0 unspecified atom stereocenters. The van der Waals surface area contributed by atoms with Gasteiger partial charge in [-0.05, 0) is 36.4 Å². The predicted octanol–water partition coefficient (Wildman–Crippen LogP) is 2.34. The van der Waals surface area contributed by atoms with Gasteiger partial charge < -0.3 is 16.0 Å². The highest BCUT2D eigenvalue weighted by Gasteiger charge is 2.27. The molecule has 1 fully saturated rings. The Hall–Kier alpha value is -2.67. The van der Waals surface area contributed by atoms with Gasteiger partial charge in [0.25, 0.3) is 11.8 Å². The lowest BCUT2D eigenvalue weighted by Crippen LogP contribution is -2.42. The molecule has 0 aliphatic carbocycles. The van der Waals surface area contributed by atoms with Crippen LogP contribution in [0.3, 0.4) is 0 Å². The van der Waals surface area contributed by atoms with Crippen LogP contribution in [-0.4, -0.2) is 35.7 Å². The van der Waals surface area contributed by atoms with Crippen molar-refractivity contribution in [3.8, 4) is 0 Å². The number of amides is 3. The fourth-order valence-electron chi connectivity index (χ4n) is 2.90. The van der Waals surface area contributed by atoms with E-state index in [1.807, 2.05) is 5.38 Å². The first-order valence-corrected chi connectivity index (χ1v) is 9.01. The number of primary amides is 1. The quantitative estimate of drug-likeness (QED) is 0.879. The first-order chi connectivity index (χ1) is 12.1. The Balaban J connectivity index is 1.73. The summed E-state index contributed by atoms with van der Waals surface area (Å²) in [6.45, 7) is 0.971. The summed E-state index contributed by atoms with van der Waals surface area (Å²) >= 11 is 1.44. The summed E-state index contributed by atoms with van der Waals surface area (Å²) in [4.78, 5) is 38.1. The molecule has 0 atom stereocenters. The van der Waals surface area contributed by atoms with Crippen LogP contribution in [0, 0.1) is 5.92 Å². The number of carbonyl (C=O) groups is 3. The van der Waals surface area contributed by atoms with Gasteiger partial charge in [0.15, 0.2) is 0 Å². The summed E-state index contributed by atoms with van der Waals surface area (Å²) in [6, 6.07) is 8.70. The summed E-state index contributed by atoms with van der Waals surface area (Å²) in [5, 5.41) is 6.39. The van der Waals surface area contributed by atoms with Crippen LogP contribution in [0.25, 0.3) is 0 Å². The van der Waals surface area contributed by atoms with Gasteiger partial charge in [0.2, 0.25) is 5.91 Å². The molecule has 1 aliphatic rings. The summed E-state index contributed by atoms with van der Waals surface area (Å²) < 4.78 is 0. The zero-order valence-corrected chi connectivity index (χ0v) is 14.4. The molecule has 0 saturated carbocycles. The van der Waals surface area contributed by atoms with Crippen molar-refractivity contribution >= 4 is 34.7 Å². The molecule has 2 aromatic rings. The van der Waals surface area contributed by atoms with Crippen LogP contribution in [0.15, 0.2) is 41.1 Å². The van der Waals surface area contributed by atoms with Crippen LogP contribution in [0.1, 0.15) is 33.6 Å². The number of carbonyl (C=O) groups excluding carboxylic acids is 3. The highest BCUT2D eigenvalue weighted by molar-refractivity contribution is 7.08. The Morgan fingerprint density at radius 1 is 1.12 bits per heavy atom. The normalized spacial score (nSPS) is 15.0. The number of nitrogens with one attached hydrogen (secondary N) is 1. The van der Waals surface area contributed by atoms with Gasteiger partial charge in [-0.1, -0.05) is 12.1 Å². The van der Waals surface area contributed by atoms with Crippen LogP contribution < -0.4 is 11.1 Å². The largest absolute Gasteiger partial charge is 0.369 e. The Morgan fingerprint density at radius 2 is 1.84 bits per heavy atom. The van der Waals surface area contributed by atoms with Crippen LogP contribution in [-0.2, 0) is 4.79 Å². The fourth-order valence-corrected chi connectivity index (χ4v) is 3.54. The van der Waals surface area contributed by atoms with Gasteiger partial charge in [-0.3, -0.25) is 14.4 Å². The number of para-hydroxylation sites is 1.